The average Bonchev–Trinajstić information content (AvgIpc) is 2.35. The van der Waals surface area contributed by atoms with E-state index in [2.05, 4.69) is 11.4 Å². The molecule has 110 valence electrons. The van der Waals surface area contributed by atoms with Crippen LogP contribution in [0, 0.1) is 23.2 Å². The zero-order valence-electron chi connectivity index (χ0n) is 12.4. The Hall–Kier alpha value is -1.16. The molecule has 0 aliphatic heterocycles. The van der Waals surface area contributed by atoms with Crippen LogP contribution in [0.4, 0.5) is 0 Å². The van der Waals surface area contributed by atoms with Crippen LogP contribution in [0.1, 0.15) is 27.2 Å². The van der Waals surface area contributed by atoms with Gasteiger partial charge >= 0.3 is 5.97 Å². The van der Waals surface area contributed by atoms with Gasteiger partial charge in [0.2, 0.25) is 0 Å². The number of hydrogen-bond acceptors (Lipinski definition) is 6. The molecule has 0 aliphatic carbocycles. The van der Waals surface area contributed by atoms with Crippen molar-refractivity contribution in [1.82, 2.24) is 10.4 Å². The summed E-state index contributed by atoms with van der Waals surface area (Å²) in [5, 5.41) is 22.9. The summed E-state index contributed by atoms with van der Waals surface area (Å²) in [6.07, 6.45) is -0.473. The van der Waals surface area contributed by atoms with E-state index in [9.17, 15) is 9.90 Å². The molecule has 0 saturated heterocycles. The number of aliphatic hydroxyl groups excluding tert-OH is 1. The number of nitriles is 1. The Bertz CT molecular complexity index is 317. The summed E-state index contributed by atoms with van der Waals surface area (Å²) < 4.78 is 0. The maximum atomic E-state index is 11.7. The van der Waals surface area contributed by atoms with Crippen LogP contribution in [0.5, 0.6) is 0 Å². The summed E-state index contributed by atoms with van der Waals surface area (Å²) in [4.78, 5) is 16.7. The van der Waals surface area contributed by atoms with Crippen molar-refractivity contribution < 1.29 is 14.7 Å². The number of likely N-dealkylation sites (N-methyl/N-ethyl adjacent to an activating group) is 1. The van der Waals surface area contributed by atoms with Gasteiger partial charge in [-0.2, -0.15) is 5.26 Å². The lowest BCUT2D eigenvalue weighted by atomic mass is 9.96. The maximum absolute atomic E-state index is 11.7. The largest absolute Gasteiger partial charge is 0.391 e. The monoisotopic (exact) mass is 271 g/mol. The topological polar surface area (TPSA) is 85.6 Å². The van der Waals surface area contributed by atoms with Gasteiger partial charge in [0.15, 0.2) is 0 Å². The molecule has 2 N–H and O–H groups in total. The van der Waals surface area contributed by atoms with E-state index in [1.54, 1.807) is 27.9 Å². The first-order valence-electron chi connectivity index (χ1n) is 6.48. The highest BCUT2D eigenvalue weighted by Gasteiger charge is 2.23. The van der Waals surface area contributed by atoms with E-state index in [1.807, 2.05) is 6.92 Å². The van der Waals surface area contributed by atoms with Crippen molar-refractivity contribution in [2.24, 2.45) is 11.8 Å². The zero-order chi connectivity index (χ0) is 15.0. The Kier molecular flexibility index (Phi) is 8.32. The molecule has 0 heterocycles. The lowest BCUT2D eigenvalue weighted by Crippen LogP contribution is -2.40. The molecule has 6 heteroatoms. The Labute approximate surface area is 115 Å². The van der Waals surface area contributed by atoms with Crippen LogP contribution in [-0.2, 0) is 9.63 Å². The SMILES string of the molecule is CNC(C)C(O)C(C)CC(=O)ON(C)CC(C)C#N. The predicted octanol–water partition coefficient (Wildman–Crippen LogP) is 0.531. The first-order valence-corrected chi connectivity index (χ1v) is 6.48. The summed E-state index contributed by atoms with van der Waals surface area (Å²) in [5.41, 5.74) is 0. The van der Waals surface area contributed by atoms with Crippen molar-refractivity contribution in [3.63, 3.8) is 0 Å². The maximum Gasteiger partial charge on any atom is 0.325 e. The Morgan fingerprint density at radius 2 is 2.05 bits per heavy atom. The zero-order valence-corrected chi connectivity index (χ0v) is 12.4. The van der Waals surface area contributed by atoms with Gasteiger partial charge in [-0.3, -0.25) is 4.79 Å². The normalized spacial score (nSPS) is 17.4. The van der Waals surface area contributed by atoms with Crippen molar-refractivity contribution in [2.45, 2.75) is 39.3 Å². The van der Waals surface area contributed by atoms with Crippen LogP contribution >= 0.6 is 0 Å². The number of carbonyl (C=O) groups is 1. The third kappa shape index (κ3) is 7.11. The molecule has 0 radical (unpaired) electrons. The highest BCUT2D eigenvalue weighted by Crippen LogP contribution is 2.13. The minimum atomic E-state index is -0.610. The molecular formula is C13H25N3O3. The fraction of sp³-hybridized carbons (Fsp3) is 0.846. The molecule has 0 amide bonds. The smallest absolute Gasteiger partial charge is 0.325 e. The highest BCUT2D eigenvalue weighted by molar-refractivity contribution is 5.69. The van der Waals surface area contributed by atoms with Gasteiger partial charge in [0, 0.05) is 13.1 Å². The van der Waals surface area contributed by atoms with Gasteiger partial charge in [-0.15, -0.1) is 5.06 Å². The molecule has 0 saturated carbocycles. The van der Waals surface area contributed by atoms with Gasteiger partial charge in [-0.05, 0) is 26.8 Å². The van der Waals surface area contributed by atoms with Gasteiger partial charge in [0.1, 0.15) is 0 Å². The molecule has 0 bridgehead atoms. The highest BCUT2D eigenvalue weighted by atomic mass is 16.7. The van der Waals surface area contributed by atoms with Crippen LogP contribution in [0.3, 0.4) is 0 Å². The van der Waals surface area contributed by atoms with Gasteiger partial charge in [-0.1, -0.05) is 6.92 Å². The second-order valence-electron chi connectivity index (χ2n) is 5.05. The summed E-state index contributed by atoms with van der Waals surface area (Å²) in [6.45, 7) is 5.78. The molecule has 4 unspecified atom stereocenters. The van der Waals surface area contributed by atoms with Crippen molar-refractivity contribution in [2.75, 3.05) is 20.6 Å². The minimum absolute atomic E-state index is 0.0841. The van der Waals surface area contributed by atoms with Crippen LogP contribution in [0.15, 0.2) is 0 Å². The summed E-state index contributed by atoms with van der Waals surface area (Å²) in [5.74, 6) is -0.802. The summed E-state index contributed by atoms with van der Waals surface area (Å²) in [6, 6.07) is 1.99. The lowest BCUT2D eigenvalue weighted by molar-refractivity contribution is -0.187. The van der Waals surface area contributed by atoms with E-state index in [0.717, 1.165) is 0 Å². The first kappa shape index (κ1) is 17.8. The molecule has 19 heavy (non-hydrogen) atoms. The molecular weight excluding hydrogens is 246 g/mol. The Morgan fingerprint density at radius 1 is 1.47 bits per heavy atom. The number of nitrogens with one attached hydrogen (secondary N) is 1. The van der Waals surface area contributed by atoms with E-state index in [4.69, 9.17) is 10.1 Å². The summed E-state index contributed by atoms with van der Waals surface area (Å²) in [7, 11) is 3.37. The summed E-state index contributed by atoms with van der Waals surface area (Å²) >= 11 is 0. The first-order chi connectivity index (χ1) is 8.81. The predicted molar refractivity (Wildman–Crippen MR) is 71.8 cm³/mol. The van der Waals surface area contributed by atoms with E-state index in [0.29, 0.717) is 6.54 Å². The van der Waals surface area contributed by atoms with Gasteiger partial charge in [0.25, 0.3) is 0 Å². The molecule has 0 aromatic heterocycles. The number of carbonyl (C=O) groups excluding carboxylic acids is 1. The standard InChI is InChI=1S/C13H25N3O3/c1-9(7-14)8-16(5)19-12(17)6-10(2)13(18)11(3)15-4/h9-11,13,15,18H,6,8H2,1-5H3. The van der Waals surface area contributed by atoms with Gasteiger partial charge in [-0.25, -0.2) is 0 Å². The van der Waals surface area contributed by atoms with E-state index in [1.165, 1.54) is 5.06 Å². The molecule has 0 rings (SSSR count). The Morgan fingerprint density at radius 3 is 2.53 bits per heavy atom. The van der Waals surface area contributed by atoms with Crippen molar-refractivity contribution in [1.29, 1.82) is 5.26 Å². The molecule has 4 atom stereocenters. The molecule has 0 aliphatic rings. The van der Waals surface area contributed by atoms with Crippen molar-refractivity contribution >= 4 is 5.97 Å². The quantitative estimate of drug-likeness (QED) is 0.626. The molecule has 0 aromatic rings. The van der Waals surface area contributed by atoms with Crippen molar-refractivity contribution in [3.05, 3.63) is 0 Å². The van der Waals surface area contributed by atoms with E-state index < -0.39 is 12.1 Å². The molecule has 6 nitrogen and oxygen atoms in total. The third-order valence-electron chi connectivity index (χ3n) is 3.05. The molecule has 0 spiro atoms. The molecule has 0 fully saturated rings. The fourth-order valence-electron chi connectivity index (χ4n) is 1.72. The Balaban J connectivity index is 4.14. The number of nitrogens with zero attached hydrogens (tertiary/aromatic N) is 2. The van der Waals surface area contributed by atoms with Crippen LogP contribution < -0.4 is 5.32 Å². The van der Waals surface area contributed by atoms with E-state index >= 15 is 0 Å². The van der Waals surface area contributed by atoms with Crippen molar-refractivity contribution in [3.8, 4) is 6.07 Å². The fourth-order valence-corrected chi connectivity index (χ4v) is 1.72. The second-order valence-corrected chi connectivity index (χ2v) is 5.05. The minimum Gasteiger partial charge on any atom is -0.391 e. The number of rotatable bonds is 8. The number of hydroxylamine groups is 2. The second kappa shape index (κ2) is 8.86. The lowest BCUT2D eigenvalue weighted by Gasteiger charge is -2.24. The van der Waals surface area contributed by atoms with Crippen LogP contribution in [0.25, 0.3) is 0 Å². The van der Waals surface area contributed by atoms with Crippen LogP contribution in [0.2, 0.25) is 0 Å². The number of hydrogen-bond donors (Lipinski definition) is 2. The number of aliphatic hydroxyl groups is 1. The average molecular weight is 271 g/mol. The van der Waals surface area contributed by atoms with E-state index in [-0.39, 0.29) is 24.3 Å². The van der Waals surface area contributed by atoms with Gasteiger partial charge < -0.3 is 15.3 Å². The van der Waals surface area contributed by atoms with Crippen LogP contribution in [-0.4, -0.2) is 48.9 Å². The molecule has 0 aromatic carbocycles. The third-order valence-corrected chi connectivity index (χ3v) is 3.05. The van der Waals surface area contributed by atoms with Gasteiger partial charge in [0.05, 0.1) is 31.1 Å².